The zero-order valence-corrected chi connectivity index (χ0v) is 10.9. The van der Waals surface area contributed by atoms with Gasteiger partial charge in [-0.25, -0.2) is 4.39 Å². The van der Waals surface area contributed by atoms with Crippen LogP contribution in [-0.2, 0) is 6.42 Å². The zero-order chi connectivity index (χ0) is 13.7. The monoisotopic (exact) mass is 254 g/mol. The van der Waals surface area contributed by atoms with Crippen molar-refractivity contribution >= 4 is 5.69 Å². The SMILES string of the molecule is CCC(NC)C(C)Cc1cc(F)cc([N+](=O)[O-])c1. The molecule has 18 heavy (non-hydrogen) atoms. The number of nitro benzene ring substituents is 1. The van der Waals surface area contributed by atoms with Crippen molar-refractivity contribution in [3.05, 3.63) is 39.7 Å². The Hall–Kier alpha value is -1.49. The van der Waals surface area contributed by atoms with E-state index < -0.39 is 10.7 Å². The second kappa shape index (κ2) is 6.44. The quantitative estimate of drug-likeness (QED) is 0.627. The van der Waals surface area contributed by atoms with Crippen LogP contribution in [0.3, 0.4) is 0 Å². The highest BCUT2D eigenvalue weighted by Crippen LogP contribution is 2.20. The third-order valence-electron chi connectivity index (χ3n) is 3.21. The molecule has 0 aliphatic heterocycles. The molecule has 0 radical (unpaired) electrons. The third-order valence-corrected chi connectivity index (χ3v) is 3.21. The summed E-state index contributed by atoms with van der Waals surface area (Å²) in [6, 6.07) is 4.09. The van der Waals surface area contributed by atoms with Gasteiger partial charge in [-0.15, -0.1) is 0 Å². The number of hydrogen-bond donors (Lipinski definition) is 1. The molecule has 0 aliphatic carbocycles. The summed E-state index contributed by atoms with van der Waals surface area (Å²) in [6.45, 7) is 4.13. The summed E-state index contributed by atoms with van der Waals surface area (Å²) < 4.78 is 13.3. The van der Waals surface area contributed by atoms with Gasteiger partial charge < -0.3 is 5.32 Å². The van der Waals surface area contributed by atoms with Crippen LogP contribution in [0.5, 0.6) is 0 Å². The van der Waals surface area contributed by atoms with Crippen LogP contribution < -0.4 is 5.32 Å². The Balaban J connectivity index is 2.87. The molecule has 0 saturated carbocycles. The molecule has 1 aromatic rings. The molecular formula is C13H19FN2O2. The third kappa shape index (κ3) is 3.77. The first kappa shape index (κ1) is 14.6. The van der Waals surface area contributed by atoms with Crippen molar-refractivity contribution in [2.45, 2.75) is 32.7 Å². The van der Waals surface area contributed by atoms with E-state index >= 15 is 0 Å². The minimum atomic E-state index is -0.563. The molecule has 1 N–H and O–H groups in total. The Bertz CT molecular complexity index is 419. The first-order chi connectivity index (χ1) is 8.47. The van der Waals surface area contributed by atoms with Gasteiger partial charge >= 0.3 is 0 Å². The molecule has 0 bridgehead atoms. The molecule has 2 atom stereocenters. The topological polar surface area (TPSA) is 55.2 Å². The molecule has 100 valence electrons. The molecule has 0 amide bonds. The fourth-order valence-electron chi connectivity index (χ4n) is 2.26. The van der Waals surface area contributed by atoms with Crippen LogP contribution in [0, 0.1) is 21.8 Å². The number of halogens is 1. The van der Waals surface area contributed by atoms with Crippen molar-refractivity contribution < 1.29 is 9.31 Å². The van der Waals surface area contributed by atoms with E-state index in [0.717, 1.165) is 12.5 Å². The van der Waals surface area contributed by atoms with E-state index in [1.54, 1.807) is 0 Å². The average molecular weight is 254 g/mol. The number of nitro groups is 1. The van der Waals surface area contributed by atoms with E-state index in [-0.39, 0.29) is 5.69 Å². The van der Waals surface area contributed by atoms with Gasteiger partial charge in [0.1, 0.15) is 5.82 Å². The maximum absolute atomic E-state index is 13.3. The Morgan fingerprint density at radius 1 is 1.44 bits per heavy atom. The molecule has 2 unspecified atom stereocenters. The number of hydrogen-bond acceptors (Lipinski definition) is 3. The average Bonchev–Trinajstić information content (AvgIpc) is 2.29. The van der Waals surface area contributed by atoms with E-state index in [9.17, 15) is 14.5 Å². The zero-order valence-electron chi connectivity index (χ0n) is 10.9. The van der Waals surface area contributed by atoms with Crippen molar-refractivity contribution in [1.29, 1.82) is 0 Å². The smallest absolute Gasteiger partial charge is 0.272 e. The number of benzene rings is 1. The van der Waals surface area contributed by atoms with Crippen molar-refractivity contribution in [2.24, 2.45) is 5.92 Å². The molecule has 0 heterocycles. The van der Waals surface area contributed by atoms with E-state index in [1.165, 1.54) is 12.1 Å². The molecule has 0 fully saturated rings. The van der Waals surface area contributed by atoms with Crippen molar-refractivity contribution in [2.75, 3.05) is 7.05 Å². The van der Waals surface area contributed by atoms with E-state index in [1.807, 2.05) is 7.05 Å². The van der Waals surface area contributed by atoms with Crippen LogP contribution in [0.2, 0.25) is 0 Å². The number of non-ortho nitro benzene ring substituents is 1. The number of nitrogens with one attached hydrogen (secondary N) is 1. The van der Waals surface area contributed by atoms with Gasteiger partial charge in [-0.3, -0.25) is 10.1 Å². The molecule has 1 rings (SSSR count). The summed E-state index contributed by atoms with van der Waals surface area (Å²) in [5, 5.41) is 13.9. The van der Waals surface area contributed by atoms with Crippen LogP contribution in [0.1, 0.15) is 25.8 Å². The standard InChI is InChI=1S/C13H19FN2O2/c1-4-13(15-3)9(2)5-10-6-11(14)8-12(7-10)16(17)18/h6-9,13,15H,4-5H2,1-3H3. The first-order valence-corrected chi connectivity index (χ1v) is 6.09. The number of nitrogens with zero attached hydrogens (tertiary/aromatic N) is 1. The normalized spacial score (nSPS) is 14.2. The Kier molecular flexibility index (Phi) is 5.22. The van der Waals surface area contributed by atoms with Gasteiger partial charge in [0.2, 0.25) is 0 Å². The summed E-state index contributed by atoms with van der Waals surface area (Å²) >= 11 is 0. The first-order valence-electron chi connectivity index (χ1n) is 6.09. The highest BCUT2D eigenvalue weighted by molar-refractivity contribution is 5.35. The van der Waals surface area contributed by atoms with E-state index in [2.05, 4.69) is 19.2 Å². The second-order valence-electron chi connectivity index (χ2n) is 4.56. The highest BCUT2D eigenvalue weighted by atomic mass is 19.1. The Morgan fingerprint density at radius 3 is 2.61 bits per heavy atom. The summed E-state index contributed by atoms with van der Waals surface area (Å²) in [5.41, 5.74) is 0.484. The summed E-state index contributed by atoms with van der Waals surface area (Å²) in [7, 11) is 1.89. The molecule has 0 aromatic heterocycles. The molecule has 0 aliphatic rings. The predicted octanol–water partition coefficient (Wildman–Crippen LogP) is 2.91. The van der Waals surface area contributed by atoms with Crippen LogP contribution in [0.4, 0.5) is 10.1 Å². The molecule has 1 aromatic carbocycles. The lowest BCUT2D eigenvalue weighted by molar-refractivity contribution is -0.385. The summed E-state index contributed by atoms with van der Waals surface area (Å²) in [5.74, 6) is -0.259. The lowest BCUT2D eigenvalue weighted by atomic mass is 9.92. The molecule has 0 saturated heterocycles. The van der Waals surface area contributed by atoms with Gasteiger partial charge in [0.05, 0.1) is 11.0 Å². The largest absolute Gasteiger partial charge is 0.317 e. The summed E-state index contributed by atoms with van der Waals surface area (Å²) in [4.78, 5) is 10.1. The van der Waals surface area contributed by atoms with E-state index in [0.29, 0.717) is 23.9 Å². The van der Waals surface area contributed by atoms with Crippen LogP contribution in [0.25, 0.3) is 0 Å². The summed E-state index contributed by atoms with van der Waals surface area (Å²) in [6.07, 6.45) is 1.59. The Morgan fingerprint density at radius 2 is 2.11 bits per heavy atom. The number of rotatable bonds is 6. The lowest BCUT2D eigenvalue weighted by Crippen LogP contribution is -2.32. The molecule has 0 spiro atoms. The van der Waals surface area contributed by atoms with Gasteiger partial charge in [-0.2, -0.15) is 0 Å². The van der Waals surface area contributed by atoms with Crippen LogP contribution in [-0.4, -0.2) is 18.0 Å². The fourth-order valence-corrected chi connectivity index (χ4v) is 2.26. The minimum absolute atomic E-state index is 0.185. The van der Waals surface area contributed by atoms with Gasteiger partial charge in [-0.1, -0.05) is 13.8 Å². The minimum Gasteiger partial charge on any atom is -0.317 e. The maximum Gasteiger partial charge on any atom is 0.272 e. The second-order valence-corrected chi connectivity index (χ2v) is 4.56. The van der Waals surface area contributed by atoms with E-state index in [4.69, 9.17) is 0 Å². The Labute approximate surface area is 106 Å². The molecule has 5 heteroatoms. The van der Waals surface area contributed by atoms with Gasteiger partial charge in [0.25, 0.3) is 5.69 Å². The highest BCUT2D eigenvalue weighted by Gasteiger charge is 2.16. The lowest BCUT2D eigenvalue weighted by Gasteiger charge is -2.22. The fraction of sp³-hybridized carbons (Fsp3) is 0.538. The van der Waals surface area contributed by atoms with Gasteiger partial charge in [-0.05, 0) is 37.4 Å². The van der Waals surface area contributed by atoms with Crippen molar-refractivity contribution in [3.8, 4) is 0 Å². The molecule has 4 nitrogen and oxygen atoms in total. The molecular weight excluding hydrogens is 235 g/mol. The van der Waals surface area contributed by atoms with Gasteiger partial charge in [0.15, 0.2) is 0 Å². The van der Waals surface area contributed by atoms with Crippen molar-refractivity contribution in [3.63, 3.8) is 0 Å². The van der Waals surface area contributed by atoms with Crippen LogP contribution in [0.15, 0.2) is 18.2 Å². The van der Waals surface area contributed by atoms with Crippen molar-refractivity contribution in [1.82, 2.24) is 5.32 Å². The van der Waals surface area contributed by atoms with Gasteiger partial charge in [0, 0.05) is 12.1 Å². The maximum atomic E-state index is 13.3. The predicted molar refractivity (Wildman–Crippen MR) is 69.1 cm³/mol. The van der Waals surface area contributed by atoms with Crippen LogP contribution >= 0.6 is 0 Å².